The van der Waals surface area contributed by atoms with Crippen LogP contribution in [0.15, 0.2) is 24.3 Å². The molecule has 3 N–H and O–H groups in total. The highest BCUT2D eigenvalue weighted by molar-refractivity contribution is 5.94. The van der Waals surface area contributed by atoms with Gasteiger partial charge in [0.25, 0.3) is 0 Å². The molecule has 1 rings (SSSR count). The largest absolute Gasteiger partial charge is 0.480 e. The molecule has 23 heavy (non-hydrogen) atoms. The number of hydrogen-bond donors (Lipinski definition) is 3. The number of anilines is 2. The number of rotatable bonds is 9. The summed E-state index contributed by atoms with van der Waals surface area (Å²) in [5.41, 5.74) is 1.69. The van der Waals surface area contributed by atoms with E-state index in [1.807, 2.05) is 31.1 Å². The Hall–Kier alpha value is -2.08. The van der Waals surface area contributed by atoms with Crippen molar-refractivity contribution in [3.05, 3.63) is 24.3 Å². The molecule has 0 radical (unpaired) electrons. The SMILES string of the molecule is CC(C)CCN[C@H](CC(=O)Nc1ccc(N(C)C)cc1)C(=O)O. The van der Waals surface area contributed by atoms with E-state index in [0.29, 0.717) is 18.2 Å². The summed E-state index contributed by atoms with van der Waals surface area (Å²) >= 11 is 0. The lowest BCUT2D eigenvalue weighted by molar-refractivity contribution is -0.141. The van der Waals surface area contributed by atoms with Crippen LogP contribution in [-0.2, 0) is 9.59 Å². The maximum atomic E-state index is 12.0. The van der Waals surface area contributed by atoms with Gasteiger partial charge in [0.1, 0.15) is 6.04 Å². The van der Waals surface area contributed by atoms with Crippen molar-refractivity contribution >= 4 is 23.3 Å². The van der Waals surface area contributed by atoms with Gasteiger partial charge in [-0.05, 0) is 43.1 Å². The maximum absolute atomic E-state index is 12.0. The minimum absolute atomic E-state index is 0.0944. The fourth-order valence-electron chi connectivity index (χ4n) is 2.03. The van der Waals surface area contributed by atoms with Crippen molar-refractivity contribution in [2.24, 2.45) is 5.92 Å². The number of aliphatic carboxylic acids is 1. The van der Waals surface area contributed by atoms with Crippen LogP contribution >= 0.6 is 0 Å². The first-order valence-electron chi connectivity index (χ1n) is 7.83. The molecule has 1 amide bonds. The van der Waals surface area contributed by atoms with Gasteiger partial charge in [-0.3, -0.25) is 9.59 Å². The van der Waals surface area contributed by atoms with E-state index in [9.17, 15) is 14.7 Å². The van der Waals surface area contributed by atoms with Crippen molar-refractivity contribution in [3.8, 4) is 0 Å². The van der Waals surface area contributed by atoms with E-state index < -0.39 is 12.0 Å². The first-order valence-corrected chi connectivity index (χ1v) is 7.83. The molecule has 0 heterocycles. The van der Waals surface area contributed by atoms with Crippen molar-refractivity contribution in [1.29, 1.82) is 0 Å². The van der Waals surface area contributed by atoms with Gasteiger partial charge in [-0.2, -0.15) is 0 Å². The first-order chi connectivity index (χ1) is 10.8. The Balaban J connectivity index is 2.53. The molecule has 0 saturated heterocycles. The summed E-state index contributed by atoms with van der Waals surface area (Å²) < 4.78 is 0. The van der Waals surface area contributed by atoms with Crippen LogP contribution in [0, 0.1) is 5.92 Å². The smallest absolute Gasteiger partial charge is 0.321 e. The van der Waals surface area contributed by atoms with Crippen molar-refractivity contribution in [1.82, 2.24) is 5.32 Å². The van der Waals surface area contributed by atoms with Crippen LogP contribution in [-0.4, -0.2) is 43.7 Å². The van der Waals surface area contributed by atoms with Gasteiger partial charge in [0.2, 0.25) is 5.91 Å². The molecule has 6 nitrogen and oxygen atoms in total. The molecular weight excluding hydrogens is 294 g/mol. The molecular formula is C17H27N3O3. The Kier molecular flexibility index (Phi) is 7.54. The summed E-state index contributed by atoms with van der Waals surface area (Å²) in [7, 11) is 3.88. The normalized spacial score (nSPS) is 12.0. The van der Waals surface area contributed by atoms with Gasteiger partial charge in [-0.25, -0.2) is 0 Å². The highest BCUT2D eigenvalue weighted by atomic mass is 16.4. The van der Waals surface area contributed by atoms with Gasteiger partial charge in [0, 0.05) is 25.5 Å². The van der Waals surface area contributed by atoms with Crippen LogP contribution in [0.4, 0.5) is 11.4 Å². The van der Waals surface area contributed by atoms with Gasteiger partial charge in [0.05, 0.1) is 6.42 Å². The van der Waals surface area contributed by atoms with Crippen LogP contribution in [0.1, 0.15) is 26.7 Å². The zero-order chi connectivity index (χ0) is 17.4. The second-order valence-corrected chi connectivity index (χ2v) is 6.22. The highest BCUT2D eigenvalue weighted by Crippen LogP contribution is 2.16. The number of nitrogens with zero attached hydrogens (tertiary/aromatic N) is 1. The molecule has 0 spiro atoms. The summed E-state index contributed by atoms with van der Waals surface area (Å²) in [5, 5.41) is 14.9. The van der Waals surface area contributed by atoms with Crippen LogP contribution in [0.5, 0.6) is 0 Å². The van der Waals surface area contributed by atoms with Crippen LogP contribution in [0.2, 0.25) is 0 Å². The lowest BCUT2D eigenvalue weighted by atomic mass is 10.1. The number of carbonyl (C=O) groups excluding carboxylic acids is 1. The summed E-state index contributed by atoms with van der Waals surface area (Å²) in [4.78, 5) is 25.2. The number of nitrogens with one attached hydrogen (secondary N) is 2. The number of hydrogen-bond acceptors (Lipinski definition) is 4. The average Bonchev–Trinajstić information content (AvgIpc) is 2.46. The molecule has 0 bridgehead atoms. The van der Waals surface area contributed by atoms with Gasteiger partial charge >= 0.3 is 5.97 Å². The van der Waals surface area contributed by atoms with Crippen molar-refractivity contribution in [3.63, 3.8) is 0 Å². The summed E-state index contributed by atoms with van der Waals surface area (Å²) in [6, 6.07) is 6.52. The molecule has 1 aromatic carbocycles. The Morgan fingerprint density at radius 1 is 1.17 bits per heavy atom. The molecule has 1 atom stereocenters. The van der Waals surface area contributed by atoms with E-state index in [1.165, 1.54) is 0 Å². The Morgan fingerprint density at radius 2 is 1.78 bits per heavy atom. The standard InChI is InChI=1S/C17H27N3O3/c1-12(2)9-10-18-15(17(22)23)11-16(21)19-13-5-7-14(8-6-13)20(3)4/h5-8,12,15,18H,9-11H2,1-4H3,(H,19,21)(H,22,23)/t15-/m1/s1. The number of carbonyl (C=O) groups is 2. The summed E-state index contributed by atoms with van der Waals surface area (Å²) in [5.74, 6) is -0.833. The molecule has 6 heteroatoms. The van der Waals surface area contributed by atoms with Crippen molar-refractivity contribution < 1.29 is 14.7 Å². The lowest BCUT2D eigenvalue weighted by Gasteiger charge is -2.16. The summed E-state index contributed by atoms with van der Waals surface area (Å²) in [6.07, 6.45) is 0.778. The zero-order valence-corrected chi connectivity index (χ0v) is 14.3. The van der Waals surface area contributed by atoms with E-state index in [-0.39, 0.29) is 12.3 Å². The van der Waals surface area contributed by atoms with E-state index in [2.05, 4.69) is 24.5 Å². The average molecular weight is 321 g/mol. The van der Waals surface area contributed by atoms with E-state index in [4.69, 9.17) is 0 Å². The van der Waals surface area contributed by atoms with E-state index >= 15 is 0 Å². The number of amides is 1. The van der Waals surface area contributed by atoms with Gasteiger partial charge in [-0.1, -0.05) is 13.8 Å². The first kappa shape index (κ1) is 19.0. The third-order valence-corrected chi connectivity index (χ3v) is 3.47. The minimum Gasteiger partial charge on any atom is -0.480 e. The predicted octanol–water partition coefficient (Wildman–Crippen LogP) is 2.17. The third-order valence-electron chi connectivity index (χ3n) is 3.47. The number of carboxylic acid groups (broad SMARTS) is 1. The fourth-order valence-corrected chi connectivity index (χ4v) is 2.03. The Morgan fingerprint density at radius 3 is 2.26 bits per heavy atom. The predicted molar refractivity (Wildman–Crippen MR) is 92.9 cm³/mol. The van der Waals surface area contributed by atoms with E-state index in [1.54, 1.807) is 12.1 Å². The van der Waals surface area contributed by atoms with Crippen LogP contribution in [0.25, 0.3) is 0 Å². The fraction of sp³-hybridized carbons (Fsp3) is 0.529. The zero-order valence-electron chi connectivity index (χ0n) is 14.3. The monoisotopic (exact) mass is 321 g/mol. The molecule has 128 valence electrons. The van der Waals surface area contributed by atoms with Crippen molar-refractivity contribution in [2.45, 2.75) is 32.7 Å². The molecule has 0 aliphatic rings. The van der Waals surface area contributed by atoms with Gasteiger partial charge in [0.15, 0.2) is 0 Å². The van der Waals surface area contributed by atoms with Crippen molar-refractivity contribution in [2.75, 3.05) is 30.9 Å². The Labute approximate surface area is 137 Å². The molecule has 0 aliphatic heterocycles. The number of carboxylic acids is 1. The quantitative estimate of drug-likeness (QED) is 0.649. The van der Waals surface area contributed by atoms with Gasteiger partial charge < -0.3 is 20.6 Å². The summed E-state index contributed by atoms with van der Waals surface area (Å²) in [6.45, 7) is 4.72. The maximum Gasteiger partial charge on any atom is 0.321 e. The number of benzene rings is 1. The lowest BCUT2D eigenvalue weighted by Crippen LogP contribution is -2.40. The third kappa shape index (κ3) is 7.15. The minimum atomic E-state index is -1.01. The molecule has 0 aliphatic carbocycles. The van der Waals surface area contributed by atoms with Crippen LogP contribution < -0.4 is 15.5 Å². The second kappa shape index (κ2) is 9.15. The highest BCUT2D eigenvalue weighted by Gasteiger charge is 2.20. The van der Waals surface area contributed by atoms with E-state index in [0.717, 1.165) is 12.1 Å². The Bertz CT molecular complexity index is 512. The van der Waals surface area contributed by atoms with Crippen LogP contribution in [0.3, 0.4) is 0 Å². The topological polar surface area (TPSA) is 81.7 Å². The molecule has 0 fully saturated rings. The second-order valence-electron chi connectivity index (χ2n) is 6.22. The van der Waals surface area contributed by atoms with Gasteiger partial charge in [-0.15, -0.1) is 0 Å². The molecule has 0 saturated carbocycles. The molecule has 0 unspecified atom stereocenters. The molecule has 0 aromatic heterocycles. The molecule has 1 aromatic rings.